The van der Waals surface area contributed by atoms with Crippen molar-refractivity contribution in [3.8, 4) is 0 Å². The van der Waals surface area contributed by atoms with Crippen LogP contribution in [-0.4, -0.2) is 35.5 Å². The summed E-state index contributed by atoms with van der Waals surface area (Å²) in [4.78, 5) is 37.3. The van der Waals surface area contributed by atoms with Gasteiger partial charge < -0.3 is 15.3 Å². The topological polar surface area (TPSA) is 86.7 Å². The van der Waals surface area contributed by atoms with E-state index in [-0.39, 0.29) is 36.1 Å². The average Bonchev–Trinajstić information content (AvgIpc) is 2.98. The van der Waals surface area contributed by atoms with Crippen LogP contribution in [0.2, 0.25) is 5.02 Å². The van der Waals surface area contributed by atoms with E-state index in [0.717, 1.165) is 5.69 Å². The molecule has 1 saturated carbocycles. The molecule has 25 heavy (non-hydrogen) atoms. The first kappa shape index (κ1) is 17.7. The number of carbonyl (C=O) groups is 3. The zero-order chi connectivity index (χ0) is 18.0. The predicted octanol–water partition coefficient (Wildman–Crippen LogP) is 2.45. The highest BCUT2D eigenvalue weighted by molar-refractivity contribution is 6.30. The van der Waals surface area contributed by atoms with Crippen molar-refractivity contribution in [2.24, 2.45) is 11.8 Å². The number of carboxylic acids is 1. The smallest absolute Gasteiger partial charge is 0.306 e. The Hall–Kier alpha value is -2.08. The molecule has 1 aliphatic heterocycles. The predicted molar refractivity (Wildman–Crippen MR) is 93.4 cm³/mol. The maximum Gasteiger partial charge on any atom is 0.306 e. The minimum absolute atomic E-state index is 0.00258. The first-order valence-electron chi connectivity index (χ1n) is 8.53. The number of nitrogens with one attached hydrogen (secondary N) is 1. The highest BCUT2D eigenvalue weighted by Crippen LogP contribution is 2.28. The lowest BCUT2D eigenvalue weighted by Crippen LogP contribution is -2.42. The third kappa shape index (κ3) is 4.12. The molecular weight excluding hydrogens is 344 g/mol. The number of anilines is 1. The average molecular weight is 365 g/mol. The highest BCUT2D eigenvalue weighted by atomic mass is 35.5. The molecule has 1 atom stereocenters. The molecule has 7 heteroatoms. The van der Waals surface area contributed by atoms with Gasteiger partial charge in [0.25, 0.3) is 0 Å². The van der Waals surface area contributed by atoms with Crippen LogP contribution in [0.15, 0.2) is 24.3 Å². The van der Waals surface area contributed by atoms with Gasteiger partial charge in [-0.2, -0.15) is 0 Å². The van der Waals surface area contributed by atoms with E-state index in [1.807, 2.05) is 0 Å². The molecule has 1 heterocycles. The Labute approximate surface area is 151 Å². The quantitative estimate of drug-likeness (QED) is 0.859. The molecule has 134 valence electrons. The Morgan fingerprint density at radius 1 is 1.08 bits per heavy atom. The highest BCUT2D eigenvalue weighted by Gasteiger charge is 2.36. The lowest BCUT2D eigenvalue weighted by Gasteiger charge is -2.27. The number of benzene rings is 1. The van der Waals surface area contributed by atoms with Crippen molar-refractivity contribution in [2.45, 2.75) is 38.1 Å². The van der Waals surface area contributed by atoms with Gasteiger partial charge in [0, 0.05) is 29.7 Å². The molecule has 1 aromatic rings. The van der Waals surface area contributed by atoms with Crippen LogP contribution >= 0.6 is 11.6 Å². The summed E-state index contributed by atoms with van der Waals surface area (Å²) in [6.45, 7) is 0.358. The molecule has 2 N–H and O–H groups in total. The van der Waals surface area contributed by atoms with Gasteiger partial charge in [0.15, 0.2) is 0 Å². The number of hydrogen-bond donors (Lipinski definition) is 2. The van der Waals surface area contributed by atoms with E-state index in [2.05, 4.69) is 5.32 Å². The van der Waals surface area contributed by atoms with Gasteiger partial charge >= 0.3 is 5.97 Å². The van der Waals surface area contributed by atoms with E-state index in [9.17, 15) is 14.4 Å². The van der Waals surface area contributed by atoms with Gasteiger partial charge in [-0.25, -0.2) is 0 Å². The fraction of sp³-hybridized carbons (Fsp3) is 0.500. The van der Waals surface area contributed by atoms with Crippen molar-refractivity contribution in [3.63, 3.8) is 0 Å². The molecule has 3 rings (SSSR count). The van der Waals surface area contributed by atoms with Gasteiger partial charge in [-0.3, -0.25) is 14.4 Å². The molecule has 1 aliphatic carbocycles. The van der Waals surface area contributed by atoms with Crippen LogP contribution in [0, 0.1) is 11.8 Å². The molecule has 1 saturated heterocycles. The zero-order valence-corrected chi connectivity index (χ0v) is 14.5. The molecule has 0 bridgehead atoms. The van der Waals surface area contributed by atoms with E-state index in [4.69, 9.17) is 16.7 Å². The Morgan fingerprint density at radius 3 is 2.32 bits per heavy atom. The van der Waals surface area contributed by atoms with Crippen LogP contribution in [0.4, 0.5) is 5.69 Å². The van der Waals surface area contributed by atoms with E-state index >= 15 is 0 Å². The largest absolute Gasteiger partial charge is 0.481 e. The summed E-state index contributed by atoms with van der Waals surface area (Å²) < 4.78 is 0. The van der Waals surface area contributed by atoms with Crippen molar-refractivity contribution in [3.05, 3.63) is 29.3 Å². The molecular formula is C18H21ClN2O4. The molecule has 0 aromatic heterocycles. The van der Waals surface area contributed by atoms with Crippen molar-refractivity contribution >= 4 is 35.1 Å². The van der Waals surface area contributed by atoms with Crippen LogP contribution in [0.25, 0.3) is 0 Å². The summed E-state index contributed by atoms with van der Waals surface area (Å²) in [6, 6.07) is 6.99. The lowest BCUT2D eigenvalue weighted by atomic mass is 9.86. The molecule has 1 unspecified atom stereocenters. The van der Waals surface area contributed by atoms with E-state index < -0.39 is 5.97 Å². The molecule has 2 aliphatic rings. The fourth-order valence-electron chi connectivity index (χ4n) is 3.56. The van der Waals surface area contributed by atoms with Crippen molar-refractivity contribution in [1.29, 1.82) is 0 Å². The van der Waals surface area contributed by atoms with Crippen LogP contribution in [0.3, 0.4) is 0 Å². The minimum atomic E-state index is -0.759. The number of carboxylic acid groups (broad SMARTS) is 1. The van der Waals surface area contributed by atoms with Gasteiger partial charge in [0.05, 0.1) is 11.8 Å². The first-order valence-corrected chi connectivity index (χ1v) is 8.91. The van der Waals surface area contributed by atoms with E-state index in [0.29, 0.717) is 37.3 Å². The number of aliphatic carboxylic acids is 1. The minimum Gasteiger partial charge on any atom is -0.481 e. The number of hydrogen-bond acceptors (Lipinski definition) is 3. The standard InChI is InChI=1S/C18H21ClN2O4/c19-13-3-7-15(8-4-13)21-10-12(9-16(21)22)17(23)20-14-5-1-11(2-6-14)18(24)25/h3-4,7-8,11-12,14H,1-2,5-6,9-10H2,(H,20,23)(H,24,25). The van der Waals surface area contributed by atoms with Crippen LogP contribution in [0.1, 0.15) is 32.1 Å². The van der Waals surface area contributed by atoms with Crippen LogP contribution in [-0.2, 0) is 14.4 Å². The first-order chi connectivity index (χ1) is 11.9. The Morgan fingerprint density at radius 2 is 1.72 bits per heavy atom. The number of halogens is 1. The summed E-state index contributed by atoms with van der Waals surface area (Å²) in [5.41, 5.74) is 0.742. The third-order valence-corrected chi connectivity index (χ3v) is 5.31. The van der Waals surface area contributed by atoms with Gasteiger partial charge in [-0.1, -0.05) is 11.6 Å². The third-order valence-electron chi connectivity index (χ3n) is 5.06. The normalized spacial score (nSPS) is 26.5. The molecule has 0 radical (unpaired) electrons. The number of amides is 2. The molecule has 2 fully saturated rings. The lowest BCUT2D eigenvalue weighted by molar-refractivity contribution is -0.142. The van der Waals surface area contributed by atoms with Crippen LogP contribution in [0.5, 0.6) is 0 Å². The number of rotatable bonds is 4. The van der Waals surface area contributed by atoms with Crippen molar-refractivity contribution in [2.75, 3.05) is 11.4 Å². The fourth-order valence-corrected chi connectivity index (χ4v) is 3.68. The summed E-state index contributed by atoms with van der Waals surface area (Å²) in [5, 5.41) is 12.6. The van der Waals surface area contributed by atoms with Crippen LogP contribution < -0.4 is 10.2 Å². The number of carbonyl (C=O) groups excluding carboxylic acids is 2. The van der Waals surface area contributed by atoms with Crippen molar-refractivity contribution in [1.82, 2.24) is 5.32 Å². The van der Waals surface area contributed by atoms with E-state index in [1.54, 1.807) is 29.2 Å². The van der Waals surface area contributed by atoms with Crippen molar-refractivity contribution < 1.29 is 19.5 Å². The second kappa shape index (κ2) is 7.44. The second-order valence-corrected chi connectivity index (χ2v) is 7.21. The van der Waals surface area contributed by atoms with Gasteiger partial charge in [0.2, 0.25) is 11.8 Å². The zero-order valence-electron chi connectivity index (χ0n) is 13.8. The second-order valence-electron chi connectivity index (χ2n) is 6.78. The van der Waals surface area contributed by atoms with Gasteiger partial charge in [-0.05, 0) is 49.9 Å². The summed E-state index contributed by atoms with van der Waals surface area (Å²) in [7, 11) is 0. The Bertz CT molecular complexity index is 668. The Kier molecular flexibility index (Phi) is 5.27. The molecule has 6 nitrogen and oxygen atoms in total. The molecule has 0 spiro atoms. The molecule has 1 aromatic carbocycles. The maximum atomic E-state index is 12.5. The van der Waals surface area contributed by atoms with Gasteiger partial charge in [-0.15, -0.1) is 0 Å². The number of nitrogens with zero attached hydrogens (tertiary/aromatic N) is 1. The Balaban J connectivity index is 1.54. The molecule has 2 amide bonds. The SMILES string of the molecule is O=C(O)C1CCC(NC(=O)C2CC(=O)N(c3ccc(Cl)cc3)C2)CC1. The maximum absolute atomic E-state index is 12.5. The summed E-state index contributed by atoms with van der Waals surface area (Å²) in [6.07, 6.45) is 2.70. The summed E-state index contributed by atoms with van der Waals surface area (Å²) in [5.74, 6) is -1.63. The van der Waals surface area contributed by atoms with Gasteiger partial charge in [0.1, 0.15) is 0 Å². The monoisotopic (exact) mass is 364 g/mol. The summed E-state index contributed by atoms with van der Waals surface area (Å²) >= 11 is 5.87. The van der Waals surface area contributed by atoms with E-state index in [1.165, 1.54) is 0 Å².